The Morgan fingerprint density at radius 1 is 0.342 bits per heavy atom. The van der Waals surface area contributed by atoms with Crippen LogP contribution in [0.2, 0.25) is 0 Å². The molecule has 0 saturated carbocycles. The summed E-state index contributed by atoms with van der Waals surface area (Å²) in [5, 5.41) is 188. The molecule has 22 aliphatic rings. The highest BCUT2D eigenvalue weighted by Crippen LogP contribution is 2.39. The van der Waals surface area contributed by atoms with Gasteiger partial charge >= 0.3 is 0 Å². The summed E-state index contributed by atoms with van der Waals surface area (Å²) in [6, 6.07) is 5.12. The Morgan fingerprint density at radius 3 is 0.816 bits per heavy atom. The van der Waals surface area contributed by atoms with Crippen LogP contribution in [0.1, 0.15) is 5.56 Å². The van der Waals surface area contributed by atoms with E-state index in [1.807, 2.05) is 0 Å². The Hall–Kier alpha value is -2.03. The molecule has 0 radical (unpaired) electrons. The van der Waals surface area contributed by atoms with Gasteiger partial charge < -0.3 is 144 Å². The second kappa shape index (κ2) is 25.0. The van der Waals surface area contributed by atoms with Crippen molar-refractivity contribution < 1.29 is 156 Å². The molecule has 23 rings (SSSR count). The maximum absolute atomic E-state index is 13.9. The van der Waals surface area contributed by atoms with Gasteiger partial charge in [0.05, 0.1) is 44.5 Å². The number of aliphatic hydroxyl groups excluding tert-OH is 17. The van der Waals surface area contributed by atoms with Crippen LogP contribution in [0.5, 0.6) is 0 Å². The average Bonchev–Trinajstić information content (AvgIpc) is 3.40. The van der Waals surface area contributed by atoms with E-state index in [0.717, 1.165) is 12.1 Å². The molecule has 0 aromatic heterocycles. The van der Waals surface area contributed by atoms with E-state index < -0.39 is 239 Å². The molecule has 436 valence electrons. The van der Waals surface area contributed by atoms with Crippen molar-refractivity contribution in [2.45, 2.75) is 196 Å². The second-order valence-electron chi connectivity index (χ2n) is 19.2. The van der Waals surface area contributed by atoms with E-state index in [1.54, 1.807) is 6.92 Å². The molecule has 12 bridgehead atoms. The van der Waals surface area contributed by atoms with Crippen molar-refractivity contribution in [3.05, 3.63) is 29.8 Å². The molecular formula is C43H66O32S. The van der Waals surface area contributed by atoms with Gasteiger partial charge in [0.25, 0.3) is 10.1 Å². The molecular weight excluding hydrogens is 1060 g/mol. The maximum Gasteiger partial charge on any atom is 0.297 e. The van der Waals surface area contributed by atoms with Gasteiger partial charge in [-0.15, -0.1) is 0 Å². The Balaban J connectivity index is 1.14. The van der Waals surface area contributed by atoms with E-state index in [2.05, 4.69) is 0 Å². The van der Waals surface area contributed by atoms with Crippen LogP contribution in [-0.2, 0) is 71.1 Å². The normalized spacial score (nSPS) is 49.8. The zero-order valence-corrected chi connectivity index (χ0v) is 40.8. The van der Waals surface area contributed by atoms with Gasteiger partial charge in [0.2, 0.25) is 0 Å². The van der Waals surface area contributed by atoms with E-state index in [9.17, 15) is 95.2 Å². The first kappa shape index (κ1) is 60.1. The Morgan fingerprint density at radius 2 is 0.566 bits per heavy atom. The lowest BCUT2D eigenvalue weighted by Crippen LogP contribution is -2.69. The Labute approximate surface area is 431 Å². The summed E-state index contributed by atoms with van der Waals surface area (Å²) in [4.78, 5) is -0.467. The summed E-state index contributed by atoms with van der Waals surface area (Å²) >= 11 is 0. The molecule has 0 aliphatic carbocycles. The minimum Gasteiger partial charge on any atom is -0.394 e. The van der Waals surface area contributed by atoms with Crippen LogP contribution < -0.4 is 0 Å². The molecule has 22 aliphatic heterocycles. The molecule has 76 heavy (non-hydrogen) atoms. The lowest BCUT2D eigenvalue weighted by molar-refractivity contribution is -0.403. The lowest BCUT2D eigenvalue weighted by Gasteiger charge is -2.51. The highest BCUT2D eigenvalue weighted by Gasteiger charge is 2.59. The molecule has 32 nitrogen and oxygen atoms in total. The Bertz CT molecular complexity index is 2100. The standard InChI is InChI=1S/C43H66O32S/c1-12-2-4-13(5-3-12)76(61,62)75-37-30(60)43-68-19(11-49)36(37)74-42-29(59)24(54)34(17(9-47)67-42)72-40-27(57)22(52)32(15(7-45)65-40)70-38-25(55)20(50)31(14(6-44)63-38)69-39-26(56)21(51)33(16(8-46)64-39)71-41-28(58)23(53)35(73-43)18(10-48)66-41/h2-5,14-60H,6-11H2,1H3/t14-,15-,16-,17-,18-,19-,20-,21-,22-,23-,24-,25-,26-,27-,28-,29-,30-,31-,32-,33-,34-,35-,36+,37-,38-,39-,40-,41-,42-,43-/m1/s1. The van der Waals surface area contributed by atoms with Crippen LogP contribution >= 0.6 is 0 Å². The number of rotatable bonds is 9. The fraction of sp³-hybridized carbons (Fsp3) is 0.860. The van der Waals surface area contributed by atoms with E-state index in [4.69, 9.17) is 61.0 Å². The smallest absolute Gasteiger partial charge is 0.297 e. The van der Waals surface area contributed by atoms with Crippen LogP contribution in [0.25, 0.3) is 0 Å². The fourth-order valence-corrected chi connectivity index (χ4v) is 11.0. The number of hydrogen-bond acceptors (Lipinski definition) is 32. The van der Waals surface area contributed by atoms with Crippen molar-refractivity contribution in [2.24, 2.45) is 0 Å². The molecule has 1 aromatic carbocycles. The number of aliphatic hydroxyl groups is 17. The van der Waals surface area contributed by atoms with E-state index in [0.29, 0.717) is 5.56 Å². The largest absolute Gasteiger partial charge is 0.394 e. The molecule has 22 fully saturated rings. The monoisotopic (exact) mass is 1130 g/mol. The molecule has 22 heterocycles. The molecule has 0 unspecified atom stereocenters. The Kier molecular flexibility index (Phi) is 19.8. The van der Waals surface area contributed by atoms with Crippen molar-refractivity contribution in [3.63, 3.8) is 0 Å². The van der Waals surface area contributed by atoms with Crippen LogP contribution in [0.4, 0.5) is 0 Å². The summed E-state index contributed by atoms with van der Waals surface area (Å²) in [5.41, 5.74) is 0.626. The van der Waals surface area contributed by atoms with Gasteiger partial charge in [0, 0.05) is 0 Å². The summed E-state index contributed by atoms with van der Waals surface area (Å²) in [7, 11) is -4.96. The summed E-state index contributed by atoms with van der Waals surface area (Å²) < 4.78 is 102. The number of aryl methyl sites for hydroxylation is 1. The number of ether oxygens (including phenoxy) is 12. The summed E-state index contributed by atoms with van der Waals surface area (Å²) in [5.74, 6) is 0. The lowest BCUT2D eigenvalue weighted by atomic mass is 9.94. The van der Waals surface area contributed by atoms with Gasteiger partial charge in [-0.1, -0.05) is 17.7 Å². The third-order valence-electron chi connectivity index (χ3n) is 14.2. The van der Waals surface area contributed by atoms with E-state index in [1.165, 1.54) is 12.1 Å². The van der Waals surface area contributed by atoms with Gasteiger partial charge in [-0.25, -0.2) is 0 Å². The van der Waals surface area contributed by atoms with Crippen LogP contribution in [-0.4, -0.2) is 319 Å². The van der Waals surface area contributed by atoms with Gasteiger partial charge in [-0.2, -0.15) is 8.42 Å². The minimum absolute atomic E-state index is 0.467. The topological polar surface area (TPSA) is 498 Å². The SMILES string of the molecule is Cc1ccc(S(=O)(=O)O[C@@H]2[C@@H](O)[C@H]3O[C@H]4[C@H](O)[C@@H](O)[C@@H](O[C@H]5[C@H](O)[C@@H](O)[C@@H](O[C@H]6[C@H](O)[C@@H](O)[C@@H](O[C@H]7[C@H](O)[C@@H](O)[C@@H](O[C@H]8[C@H](O)[C@@H](O)[C@@H](O[C@H]2[C@@H](CO)O3)O[C@@H]8CO)O[C@@H]7CO)O[C@@H]6CO)O[C@@H]5CO)O[C@@H]4CO)cc1. The predicted octanol–water partition coefficient (Wildman–Crippen LogP) is -11.3. The first-order valence-electron chi connectivity index (χ1n) is 24.1. The molecule has 30 atom stereocenters. The molecule has 1 aromatic rings. The number of benzene rings is 1. The molecule has 33 heteroatoms. The average molecular weight is 1130 g/mol. The van der Waals surface area contributed by atoms with Gasteiger partial charge in [-0.05, 0) is 19.1 Å². The quantitative estimate of drug-likeness (QED) is 0.102. The minimum atomic E-state index is -4.96. The van der Waals surface area contributed by atoms with E-state index in [-0.39, 0.29) is 0 Å². The maximum atomic E-state index is 13.9. The first-order chi connectivity index (χ1) is 36.1. The van der Waals surface area contributed by atoms with Gasteiger partial charge in [0.15, 0.2) is 37.7 Å². The van der Waals surface area contributed by atoms with Crippen LogP contribution in [0.15, 0.2) is 29.2 Å². The van der Waals surface area contributed by atoms with Crippen molar-refractivity contribution in [1.29, 1.82) is 0 Å². The second-order valence-corrected chi connectivity index (χ2v) is 20.8. The van der Waals surface area contributed by atoms with Crippen molar-refractivity contribution in [1.82, 2.24) is 0 Å². The highest BCUT2D eigenvalue weighted by atomic mass is 32.2. The first-order valence-corrected chi connectivity index (χ1v) is 25.5. The fourth-order valence-electron chi connectivity index (χ4n) is 9.93. The van der Waals surface area contributed by atoms with Crippen molar-refractivity contribution >= 4 is 10.1 Å². The number of hydrogen-bond donors (Lipinski definition) is 17. The predicted molar refractivity (Wildman–Crippen MR) is 233 cm³/mol. The van der Waals surface area contributed by atoms with Gasteiger partial charge in [-0.3, -0.25) is 4.18 Å². The van der Waals surface area contributed by atoms with E-state index >= 15 is 0 Å². The zero-order valence-electron chi connectivity index (χ0n) is 40.0. The molecule has 0 amide bonds. The zero-order chi connectivity index (χ0) is 55.2. The summed E-state index contributed by atoms with van der Waals surface area (Å²) in [6.07, 6.45) is -61.5. The third-order valence-corrected chi connectivity index (χ3v) is 15.5. The summed E-state index contributed by atoms with van der Waals surface area (Å²) in [6.45, 7) is -4.76. The van der Waals surface area contributed by atoms with Crippen molar-refractivity contribution in [2.75, 3.05) is 39.6 Å². The molecule has 0 spiro atoms. The van der Waals surface area contributed by atoms with Crippen LogP contribution in [0, 0.1) is 6.92 Å². The molecule has 17 N–H and O–H groups in total. The van der Waals surface area contributed by atoms with Crippen LogP contribution in [0.3, 0.4) is 0 Å². The third kappa shape index (κ3) is 11.8. The van der Waals surface area contributed by atoms with Crippen molar-refractivity contribution in [3.8, 4) is 0 Å². The highest BCUT2D eigenvalue weighted by molar-refractivity contribution is 7.86. The molecule has 22 saturated heterocycles. The van der Waals surface area contributed by atoms with Gasteiger partial charge in [0.1, 0.15) is 146 Å².